The molecule has 1 amide bonds. The molecule has 0 atom stereocenters. The summed E-state index contributed by atoms with van der Waals surface area (Å²) in [5.74, 6) is -1.10. The maximum atomic E-state index is 13.0. The van der Waals surface area contributed by atoms with Gasteiger partial charge in [0.1, 0.15) is 5.82 Å². The van der Waals surface area contributed by atoms with Crippen molar-refractivity contribution in [3.63, 3.8) is 0 Å². The smallest absolute Gasteiger partial charge is 0.280 e. The molecule has 0 radical (unpaired) electrons. The van der Waals surface area contributed by atoms with Crippen molar-refractivity contribution in [3.8, 4) is 5.69 Å². The number of hydrogen-bond donors (Lipinski definition) is 1. The second-order valence-electron chi connectivity index (χ2n) is 5.03. The zero-order valence-electron chi connectivity index (χ0n) is 12.5. The number of hydrogen-bond acceptors (Lipinski definition) is 3. The van der Waals surface area contributed by atoms with E-state index in [2.05, 4.69) is 10.4 Å². The van der Waals surface area contributed by atoms with Crippen LogP contribution in [0.4, 0.5) is 10.1 Å². The number of rotatable bonds is 3. The minimum Gasteiger partial charge on any atom is -0.320 e. The first-order chi connectivity index (χ1) is 11.9. The van der Waals surface area contributed by atoms with Crippen molar-refractivity contribution in [2.45, 2.75) is 0 Å². The molecule has 0 fully saturated rings. The van der Waals surface area contributed by atoms with E-state index in [9.17, 15) is 14.0 Å². The Hall–Kier alpha value is -2.70. The summed E-state index contributed by atoms with van der Waals surface area (Å²) in [7, 11) is 0. The molecule has 0 unspecified atom stereocenters. The van der Waals surface area contributed by atoms with Gasteiger partial charge in [0, 0.05) is 18.0 Å². The summed E-state index contributed by atoms with van der Waals surface area (Å²) in [6.45, 7) is 0. The molecule has 0 aliphatic heterocycles. The number of nitrogens with one attached hydrogen (secondary N) is 1. The molecule has 1 aromatic heterocycles. The van der Waals surface area contributed by atoms with E-state index in [4.69, 9.17) is 23.2 Å². The fourth-order valence-corrected chi connectivity index (χ4v) is 2.36. The molecule has 0 aliphatic rings. The zero-order chi connectivity index (χ0) is 18.0. The Kier molecular flexibility index (Phi) is 4.83. The second kappa shape index (κ2) is 7.04. The van der Waals surface area contributed by atoms with Gasteiger partial charge < -0.3 is 5.32 Å². The van der Waals surface area contributed by atoms with Gasteiger partial charge in [-0.05, 0) is 42.5 Å². The van der Waals surface area contributed by atoms with E-state index >= 15 is 0 Å². The van der Waals surface area contributed by atoms with E-state index in [-0.39, 0.29) is 10.7 Å². The van der Waals surface area contributed by atoms with Crippen molar-refractivity contribution in [2.75, 3.05) is 5.32 Å². The van der Waals surface area contributed by atoms with Gasteiger partial charge in [0.05, 0.1) is 15.7 Å². The topological polar surface area (TPSA) is 64.0 Å². The van der Waals surface area contributed by atoms with Gasteiger partial charge in [0.25, 0.3) is 5.91 Å². The summed E-state index contributed by atoms with van der Waals surface area (Å²) >= 11 is 11.7. The van der Waals surface area contributed by atoms with Crippen LogP contribution < -0.4 is 10.7 Å². The number of halogens is 3. The standard InChI is InChI=1S/C17H10Cl2FN3O2/c18-13-6-3-11(9-14(13)19)21-17(25)16-15(24)7-8-23(22-16)12-4-1-10(20)2-5-12/h1-9H,(H,21,25). The maximum Gasteiger partial charge on any atom is 0.280 e. The van der Waals surface area contributed by atoms with Gasteiger partial charge >= 0.3 is 0 Å². The van der Waals surface area contributed by atoms with Crippen LogP contribution >= 0.6 is 23.2 Å². The number of carbonyl (C=O) groups excluding carboxylic acids is 1. The largest absolute Gasteiger partial charge is 0.320 e. The number of amides is 1. The van der Waals surface area contributed by atoms with Crippen molar-refractivity contribution in [2.24, 2.45) is 0 Å². The molecule has 1 N–H and O–H groups in total. The first-order valence-electron chi connectivity index (χ1n) is 7.06. The van der Waals surface area contributed by atoms with Gasteiger partial charge in [-0.1, -0.05) is 23.2 Å². The Morgan fingerprint density at radius 1 is 1.04 bits per heavy atom. The summed E-state index contributed by atoms with van der Waals surface area (Å²) in [5.41, 5.74) is 0.0246. The van der Waals surface area contributed by atoms with Crippen LogP contribution in [0.2, 0.25) is 10.0 Å². The Bertz CT molecular complexity index is 1000. The SMILES string of the molecule is O=C(Nc1ccc(Cl)c(Cl)c1)c1nn(-c2ccc(F)cc2)ccc1=O. The van der Waals surface area contributed by atoms with Crippen molar-refractivity contribution < 1.29 is 9.18 Å². The summed E-state index contributed by atoms with van der Waals surface area (Å²) in [4.78, 5) is 24.3. The summed E-state index contributed by atoms with van der Waals surface area (Å²) in [5, 5.41) is 7.17. The average Bonchev–Trinajstić information content (AvgIpc) is 2.59. The third-order valence-electron chi connectivity index (χ3n) is 3.29. The van der Waals surface area contributed by atoms with Gasteiger partial charge in [0.2, 0.25) is 5.43 Å². The van der Waals surface area contributed by atoms with E-state index in [1.165, 1.54) is 53.3 Å². The van der Waals surface area contributed by atoms with Crippen molar-refractivity contribution >= 4 is 34.8 Å². The molecular weight excluding hydrogens is 368 g/mol. The average molecular weight is 378 g/mol. The van der Waals surface area contributed by atoms with Crippen LogP contribution in [0.15, 0.2) is 59.5 Å². The van der Waals surface area contributed by atoms with Crippen LogP contribution in [0.1, 0.15) is 10.5 Å². The molecule has 2 aromatic carbocycles. The number of carbonyl (C=O) groups is 1. The second-order valence-corrected chi connectivity index (χ2v) is 5.85. The minimum absolute atomic E-state index is 0.268. The zero-order valence-corrected chi connectivity index (χ0v) is 14.1. The van der Waals surface area contributed by atoms with Crippen LogP contribution in [0, 0.1) is 5.82 Å². The molecule has 5 nitrogen and oxygen atoms in total. The summed E-state index contributed by atoms with van der Waals surface area (Å²) in [6.07, 6.45) is 1.39. The lowest BCUT2D eigenvalue weighted by atomic mass is 10.3. The minimum atomic E-state index is -0.695. The molecule has 8 heteroatoms. The molecule has 0 aliphatic carbocycles. The van der Waals surface area contributed by atoms with Crippen molar-refractivity contribution in [1.29, 1.82) is 0 Å². The van der Waals surface area contributed by atoms with Gasteiger partial charge in [0.15, 0.2) is 5.69 Å². The van der Waals surface area contributed by atoms with E-state index in [0.29, 0.717) is 16.4 Å². The number of benzene rings is 2. The third-order valence-corrected chi connectivity index (χ3v) is 4.03. The van der Waals surface area contributed by atoms with E-state index in [0.717, 1.165) is 0 Å². The highest BCUT2D eigenvalue weighted by Crippen LogP contribution is 2.25. The fraction of sp³-hybridized carbons (Fsp3) is 0. The quantitative estimate of drug-likeness (QED) is 0.751. The highest BCUT2D eigenvalue weighted by atomic mass is 35.5. The number of anilines is 1. The van der Waals surface area contributed by atoms with Gasteiger partial charge in [-0.25, -0.2) is 9.07 Å². The fourth-order valence-electron chi connectivity index (χ4n) is 2.07. The van der Waals surface area contributed by atoms with Crippen LogP contribution in [-0.2, 0) is 0 Å². The lowest BCUT2D eigenvalue weighted by Crippen LogP contribution is -2.25. The molecule has 0 bridgehead atoms. The monoisotopic (exact) mass is 377 g/mol. The lowest BCUT2D eigenvalue weighted by molar-refractivity contribution is 0.101. The van der Waals surface area contributed by atoms with E-state index in [1.54, 1.807) is 6.07 Å². The Balaban J connectivity index is 1.91. The predicted molar refractivity (Wildman–Crippen MR) is 94.2 cm³/mol. The van der Waals surface area contributed by atoms with Crippen molar-refractivity contribution in [3.05, 3.63) is 86.5 Å². The number of nitrogens with zero attached hydrogens (tertiary/aromatic N) is 2. The van der Waals surface area contributed by atoms with E-state index in [1.807, 2.05) is 0 Å². The van der Waals surface area contributed by atoms with Gasteiger partial charge in [-0.2, -0.15) is 5.10 Å². The first-order valence-corrected chi connectivity index (χ1v) is 7.82. The van der Waals surface area contributed by atoms with Crippen LogP contribution in [-0.4, -0.2) is 15.7 Å². The highest BCUT2D eigenvalue weighted by Gasteiger charge is 2.14. The summed E-state index contributed by atoms with van der Waals surface area (Å²) < 4.78 is 14.3. The molecule has 126 valence electrons. The van der Waals surface area contributed by atoms with Crippen LogP contribution in [0.5, 0.6) is 0 Å². The molecule has 3 aromatic rings. The number of aromatic nitrogens is 2. The maximum absolute atomic E-state index is 13.0. The molecule has 0 saturated heterocycles. The van der Waals surface area contributed by atoms with Crippen LogP contribution in [0.3, 0.4) is 0 Å². The molecular formula is C17H10Cl2FN3O2. The Labute approximate surface area is 151 Å². The Morgan fingerprint density at radius 3 is 2.44 bits per heavy atom. The highest BCUT2D eigenvalue weighted by molar-refractivity contribution is 6.42. The normalized spacial score (nSPS) is 10.5. The first kappa shape index (κ1) is 17.1. The lowest BCUT2D eigenvalue weighted by Gasteiger charge is -2.08. The summed E-state index contributed by atoms with van der Waals surface area (Å²) in [6, 6.07) is 11.2. The third kappa shape index (κ3) is 3.87. The van der Waals surface area contributed by atoms with E-state index < -0.39 is 17.2 Å². The molecule has 3 rings (SSSR count). The van der Waals surface area contributed by atoms with Crippen molar-refractivity contribution in [1.82, 2.24) is 9.78 Å². The molecule has 0 spiro atoms. The van der Waals surface area contributed by atoms with Gasteiger partial charge in [-0.3, -0.25) is 9.59 Å². The van der Waals surface area contributed by atoms with Gasteiger partial charge in [-0.15, -0.1) is 0 Å². The Morgan fingerprint density at radius 2 is 1.76 bits per heavy atom. The molecule has 25 heavy (non-hydrogen) atoms. The predicted octanol–water partition coefficient (Wildman–Crippen LogP) is 3.93. The molecule has 1 heterocycles. The van der Waals surface area contributed by atoms with Crippen LogP contribution in [0.25, 0.3) is 5.69 Å². The molecule has 0 saturated carbocycles.